The van der Waals surface area contributed by atoms with Crippen LogP contribution in [0.25, 0.3) is 0 Å². The Kier molecular flexibility index (Phi) is 11.2. The van der Waals surface area contributed by atoms with Crippen LogP contribution in [-0.2, 0) is 20.5 Å². The molecule has 1 aromatic carbocycles. The lowest BCUT2D eigenvalue weighted by molar-refractivity contribution is -0.0203. The van der Waals surface area contributed by atoms with E-state index in [4.69, 9.17) is 18.6 Å². The number of rotatable bonds is 12. The fraction of sp³-hybridized carbons (Fsp3) is 0.571. The fourth-order valence-electron chi connectivity index (χ4n) is 3.41. The highest BCUT2D eigenvalue weighted by Gasteiger charge is 2.40. The molecule has 3 unspecified atom stereocenters. The van der Waals surface area contributed by atoms with Gasteiger partial charge < -0.3 is 23.7 Å². The molecular weight excluding hydrogens is 444 g/mol. The second-order valence-electron chi connectivity index (χ2n) is 10.4. The van der Waals surface area contributed by atoms with Crippen LogP contribution in [0.3, 0.4) is 0 Å². The van der Waals surface area contributed by atoms with Gasteiger partial charge >= 0.3 is 0 Å². The zero-order valence-electron chi connectivity index (χ0n) is 22.0. The topological polar surface area (TPSA) is 57.2 Å². The van der Waals surface area contributed by atoms with E-state index in [1.54, 1.807) is 13.2 Å². The molecule has 1 N–H and O–H groups in total. The molecule has 0 amide bonds. The first-order valence-electron chi connectivity index (χ1n) is 12.2. The average Bonchev–Trinajstić information content (AvgIpc) is 2.78. The molecule has 1 aromatic rings. The third-order valence-corrected chi connectivity index (χ3v) is 11.1. The van der Waals surface area contributed by atoms with Gasteiger partial charge in [-0.15, -0.1) is 0 Å². The van der Waals surface area contributed by atoms with Crippen LogP contribution in [0.4, 0.5) is 0 Å². The van der Waals surface area contributed by atoms with Crippen LogP contribution >= 0.6 is 0 Å². The molecule has 0 aliphatic carbocycles. The van der Waals surface area contributed by atoms with Crippen LogP contribution in [0.1, 0.15) is 46.1 Å². The van der Waals surface area contributed by atoms with Gasteiger partial charge in [-0.25, -0.2) is 0 Å². The van der Waals surface area contributed by atoms with Crippen molar-refractivity contribution in [3.63, 3.8) is 0 Å². The van der Waals surface area contributed by atoms with E-state index in [0.29, 0.717) is 19.6 Å². The number of ether oxygens (including phenoxy) is 3. The minimum Gasteiger partial charge on any atom is -0.497 e. The molecular formula is C28H44O5Si. The lowest BCUT2D eigenvalue weighted by Gasteiger charge is -2.40. The first kappa shape index (κ1) is 28.5. The number of benzene rings is 1. The smallest absolute Gasteiger partial charge is 0.193 e. The monoisotopic (exact) mass is 488 g/mol. The van der Waals surface area contributed by atoms with Crippen LogP contribution in [-0.4, -0.2) is 52.1 Å². The Morgan fingerprint density at radius 2 is 1.88 bits per heavy atom. The number of hydrogen-bond acceptors (Lipinski definition) is 5. The Bertz CT molecular complexity index is 820. The zero-order chi connectivity index (χ0) is 25.2. The van der Waals surface area contributed by atoms with Crippen molar-refractivity contribution in [2.45, 2.75) is 83.6 Å². The normalized spacial score (nSPS) is 19.4. The number of aliphatic hydroxyl groups excluding tert-OH is 1. The predicted molar refractivity (Wildman–Crippen MR) is 142 cm³/mol. The summed E-state index contributed by atoms with van der Waals surface area (Å²) in [6, 6.07) is 7.92. The summed E-state index contributed by atoms with van der Waals surface area (Å²) in [6.07, 6.45) is 11.3. The molecule has 190 valence electrons. The molecule has 0 saturated heterocycles. The molecule has 0 radical (unpaired) electrons. The van der Waals surface area contributed by atoms with Gasteiger partial charge in [-0.3, -0.25) is 0 Å². The van der Waals surface area contributed by atoms with Gasteiger partial charge in [0.15, 0.2) is 8.32 Å². The largest absolute Gasteiger partial charge is 0.497 e. The maximum atomic E-state index is 9.27. The van der Waals surface area contributed by atoms with Gasteiger partial charge in [0.25, 0.3) is 0 Å². The van der Waals surface area contributed by atoms with Crippen LogP contribution in [0.15, 0.2) is 60.2 Å². The van der Waals surface area contributed by atoms with E-state index in [0.717, 1.165) is 17.7 Å². The maximum Gasteiger partial charge on any atom is 0.193 e. The van der Waals surface area contributed by atoms with E-state index in [2.05, 4.69) is 59.0 Å². The highest BCUT2D eigenvalue weighted by molar-refractivity contribution is 6.74. The molecule has 0 fully saturated rings. The first-order valence-corrected chi connectivity index (χ1v) is 15.1. The summed E-state index contributed by atoms with van der Waals surface area (Å²) in [5, 5.41) is 9.34. The van der Waals surface area contributed by atoms with Gasteiger partial charge in [0.05, 0.1) is 45.2 Å². The van der Waals surface area contributed by atoms with E-state index in [9.17, 15) is 5.11 Å². The second kappa shape index (κ2) is 13.4. The van der Waals surface area contributed by atoms with Crippen molar-refractivity contribution in [3.8, 4) is 5.75 Å². The predicted octanol–water partition coefficient (Wildman–Crippen LogP) is 6.20. The zero-order valence-corrected chi connectivity index (χ0v) is 23.0. The summed E-state index contributed by atoms with van der Waals surface area (Å²) in [5.41, 5.74) is 2.42. The number of methoxy groups -OCH3 is 1. The van der Waals surface area contributed by atoms with E-state index >= 15 is 0 Å². The lowest BCUT2D eigenvalue weighted by atomic mass is 10.0. The molecule has 0 aromatic heterocycles. The minimum absolute atomic E-state index is 0.0102. The second-order valence-corrected chi connectivity index (χ2v) is 15.2. The van der Waals surface area contributed by atoms with Crippen LogP contribution in [0.5, 0.6) is 5.75 Å². The standard InChI is InChI=1S/C28H44O5Si/c1-22-17-19-31-25(20-22)15-16-27(33-34(6,7)28(2,3)4)26(10-8-9-18-29)32-21-23-11-13-24(30-5)14-12-23/h8-9,11-17,25-27,29H,10,18-21H2,1-7H3/b9-8+,16-15+. The lowest BCUT2D eigenvalue weighted by Crippen LogP contribution is -2.47. The van der Waals surface area contributed by atoms with Crippen molar-refractivity contribution < 1.29 is 23.7 Å². The summed E-state index contributed by atoms with van der Waals surface area (Å²) < 4.78 is 24.5. The van der Waals surface area contributed by atoms with Gasteiger partial charge in [0, 0.05) is 0 Å². The van der Waals surface area contributed by atoms with Crippen LogP contribution in [0, 0.1) is 0 Å². The molecule has 5 nitrogen and oxygen atoms in total. The first-order chi connectivity index (χ1) is 16.1. The molecule has 34 heavy (non-hydrogen) atoms. The highest BCUT2D eigenvalue weighted by atomic mass is 28.4. The van der Waals surface area contributed by atoms with Gasteiger partial charge in [0.1, 0.15) is 5.75 Å². The molecule has 2 rings (SSSR count). The molecule has 0 bridgehead atoms. The molecule has 1 aliphatic rings. The van der Waals surface area contributed by atoms with Gasteiger partial charge in [0.2, 0.25) is 0 Å². The van der Waals surface area contributed by atoms with Crippen molar-refractivity contribution in [1.29, 1.82) is 0 Å². The third-order valence-electron chi connectivity index (χ3n) is 6.65. The van der Waals surface area contributed by atoms with Crippen molar-refractivity contribution in [2.75, 3.05) is 20.3 Å². The Labute approximate surface area is 207 Å². The van der Waals surface area contributed by atoms with E-state index in [1.165, 1.54) is 5.57 Å². The molecule has 1 aliphatic heterocycles. The molecule has 1 heterocycles. The maximum absolute atomic E-state index is 9.27. The summed E-state index contributed by atoms with van der Waals surface area (Å²) in [7, 11) is -0.408. The van der Waals surface area contributed by atoms with Gasteiger partial charge in [-0.2, -0.15) is 0 Å². The van der Waals surface area contributed by atoms with Gasteiger partial charge in [-0.05, 0) is 55.6 Å². The summed E-state index contributed by atoms with van der Waals surface area (Å²) in [6.45, 7) is 14.5. The summed E-state index contributed by atoms with van der Waals surface area (Å²) in [5.74, 6) is 0.824. The summed E-state index contributed by atoms with van der Waals surface area (Å²) in [4.78, 5) is 0. The minimum atomic E-state index is -2.07. The van der Waals surface area contributed by atoms with E-state index in [1.807, 2.05) is 30.3 Å². The SMILES string of the molecule is COc1ccc(COC(C/C=C/CO)C(/C=C/C2CC(C)=CCO2)O[Si](C)(C)C(C)(C)C)cc1. The van der Waals surface area contributed by atoms with Crippen LogP contribution in [0.2, 0.25) is 18.1 Å². The van der Waals surface area contributed by atoms with Gasteiger partial charge in [-0.1, -0.05) is 68.9 Å². The Morgan fingerprint density at radius 3 is 2.47 bits per heavy atom. The van der Waals surface area contributed by atoms with E-state index < -0.39 is 8.32 Å². The van der Waals surface area contributed by atoms with Crippen LogP contribution < -0.4 is 4.74 Å². The van der Waals surface area contributed by atoms with E-state index in [-0.39, 0.29) is 30.0 Å². The average molecular weight is 489 g/mol. The number of aliphatic hydroxyl groups is 1. The molecule has 0 spiro atoms. The molecule has 0 saturated carbocycles. The molecule has 6 heteroatoms. The third kappa shape index (κ3) is 9.15. The number of hydrogen-bond donors (Lipinski definition) is 1. The Morgan fingerprint density at radius 1 is 1.18 bits per heavy atom. The van der Waals surface area contributed by atoms with Crippen molar-refractivity contribution >= 4 is 8.32 Å². The quantitative estimate of drug-likeness (QED) is 0.280. The summed E-state index contributed by atoms with van der Waals surface area (Å²) >= 11 is 0. The fourth-order valence-corrected chi connectivity index (χ4v) is 4.68. The Balaban J connectivity index is 2.26. The van der Waals surface area contributed by atoms with Crippen molar-refractivity contribution in [3.05, 3.63) is 65.8 Å². The highest BCUT2D eigenvalue weighted by Crippen LogP contribution is 2.38. The Hall–Kier alpha value is -1.70. The molecule has 3 atom stereocenters. The van der Waals surface area contributed by atoms with Crippen molar-refractivity contribution in [1.82, 2.24) is 0 Å². The van der Waals surface area contributed by atoms with Crippen molar-refractivity contribution in [2.24, 2.45) is 0 Å².